The molecule has 0 spiro atoms. The summed E-state index contributed by atoms with van der Waals surface area (Å²) in [4.78, 5) is 17.3. The van der Waals surface area contributed by atoms with Gasteiger partial charge in [0.1, 0.15) is 5.01 Å². The van der Waals surface area contributed by atoms with Crippen LogP contribution in [0.2, 0.25) is 0 Å². The number of aromatic nitrogens is 1. The molecule has 1 fully saturated rings. The Bertz CT molecular complexity index is 620. The summed E-state index contributed by atoms with van der Waals surface area (Å²) in [6.45, 7) is 5.03. The summed E-state index contributed by atoms with van der Waals surface area (Å²) in [5.41, 5.74) is 1.92. The topological polar surface area (TPSA) is 71.3 Å². The van der Waals surface area contributed by atoms with E-state index >= 15 is 0 Å². The van der Waals surface area contributed by atoms with Gasteiger partial charge in [-0.25, -0.2) is 4.98 Å². The van der Waals surface area contributed by atoms with Gasteiger partial charge in [-0.05, 0) is 12.1 Å². The van der Waals surface area contributed by atoms with Crippen LogP contribution in [0.25, 0.3) is 11.3 Å². The molecule has 1 aliphatic heterocycles. The molecule has 7 heteroatoms. The molecule has 1 aromatic heterocycles. The number of thiazole rings is 1. The summed E-state index contributed by atoms with van der Waals surface area (Å²) in [5, 5.41) is 17.1. The molecule has 0 aliphatic carbocycles. The number of nitro groups is 1. The Labute approximate surface area is 126 Å². The van der Waals surface area contributed by atoms with Gasteiger partial charge in [-0.15, -0.1) is 11.3 Å². The maximum Gasteiger partial charge on any atom is 0.269 e. The molecule has 0 radical (unpaired) electrons. The van der Waals surface area contributed by atoms with E-state index in [1.165, 1.54) is 12.1 Å². The second-order valence-corrected chi connectivity index (χ2v) is 5.90. The van der Waals surface area contributed by atoms with Crippen molar-refractivity contribution in [1.29, 1.82) is 0 Å². The zero-order chi connectivity index (χ0) is 14.7. The fourth-order valence-electron chi connectivity index (χ4n) is 2.33. The van der Waals surface area contributed by atoms with Gasteiger partial charge in [-0.3, -0.25) is 15.0 Å². The van der Waals surface area contributed by atoms with Crippen LogP contribution in [0.4, 0.5) is 5.69 Å². The number of nitrogens with zero attached hydrogens (tertiary/aromatic N) is 3. The molecule has 21 heavy (non-hydrogen) atoms. The van der Waals surface area contributed by atoms with Crippen LogP contribution in [0, 0.1) is 10.1 Å². The highest BCUT2D eigenvalue weighted by Gasteiger charge is 2.13. The van der Waals surface area contributed by atoms with Gasteiger partial charge in [-0.1, -0.05) is 0 Å². The summed E-state index contributed by atoms with van der Waals surface area (Å²) >= 11 is 1.64. The Morgan fingerprint density at radius 1 is 1.29 bits per heavy atom. The summed E-state index contributed by atoms with van der Waals surface area (Å²) < 4.78 is 0. The largest absolute Gasteiger partial charge is 0.314 e. The van der Waals surface area contributed by atoms with Crippen LogP contribution in [0.15, 0.2) is 29.6 Å². The highest BCUT2D eigenvalue weighted by Crippen LogP contribution is 2.24. The van der Waals surface area contributed by atoms with Crippen LogP contribution < -0.4 is 5.32 Å². The van der Waals surface area contributed by atoms with E-state index in [4.69, 9.17) is 0 Å². The van der Waals surface area contributed by atoms with E-state index in [9.17, 15) is 10.1 Å². The molecule has 6 nitrogen and oxygen atoms in total. The standard InChI is InChI=1S/C14H16N4O2S/c19-18(20)12-3-1-11(2-4-12)13-10-21-14(16-13)9-17-7-5-15-6-8-17/h1-4,10,15H,5-9H2. The van der Waals surface area contributed by atoms with Crippen molar-refractivity contribution >= 4 is 17.0 Å². The molecule has 0 unspecified atom stereocenters. The highest BCUT2D eigenvalue weighted by atomic mass is 32.1. The third-order valence-electron chi connectivity index (χ3n) is 3.49. The molecule has 1 saturated heterocycles. The molecule has 1 N–H and O–H groups in total. The number of non-ortho nitro benzene ring substituents is 1. The Hall–Kier alpha value is -1.83. The van der Waals surface area contributed by atoms with Gasteiger partial charge >= 0.3 is 0 Å². The Morgan fingerprint density at radius 3 is 2.67 bits per heavy atom. The molecule has 0 bridgehead atoms. The molecular formula is C14H16N4O2S. The maximum absolute atomic E-state index is 10.7. The Balaban J connectivity index is 1.70. The van der Waals surface area contributed by atoms with Crippen LogP contribution in [-0.4, -0.2) is 41.0 Å². The number of hydrogen-bond donors (Lipinski definition) is 1. The average molecular weight is 304 g/mol. The van der Waals surface area contributed by atoms with E-state index in [-0.39, 0.29) is 10.6 Å². The minimum Gasteiger partial charge on any atom is -0.314 e. The molecule has 3 rings (SSSR count). The lowest BCUT2D eigenvalue weighted by molar-refractivity contribution is -0.384. The van der Waals surface area contributed by atoms with Gasteiger partial charge in [0.05, 0.1) is 17.2 Å². The second-order valence-electron chi connectivity index (χ2n) is 4.96. The van der Waals surface area contributed by atoms with Gasteiger partial charge in [0.15, 0.2) is 0 Å². The van der Waals surface area contributed by atoms with E-state index in [0.717, 1.165) is 49.0 Å². The summed E-state index contributed by atoms with van der Waals surface area (Å²) in [6.07, 6.45) is 0. The lowest BCUT2D eigenvalue weighted by atomic mass is 10.1. The fraction of sp³-hybridized carbons (Fsp3) is 0.357. The minimum absolute atomic E-state index is 0.106. The number of nitro benzene ring substituents is 1. The molecule has 0 saturated carbocycles. The molecule has 0 atom stereocenters. The smallest absolute Gasteiger partial charge is 0.269 e. The van der Waals surface area contributed by atoms with E-state index in [1.807, 2.05) is 5.38 Å². The van der Waals surface area contributed by atoms with Crippen LogP contribution in [0.3, 0.4) is 0 Å². The monoisotopic (exact) mass is 304 g/mol. The molecule has 110 valence electrons. The number of hydrogen-bond acceptors (Lipinski definition) is 6. The molecule has 1 aromatic carbocycles. The van der Waals surface area contributed by atoms with Crippen molar-refractivity contribution in [1.82, 2.24) is 15.2 Å². The van der Waals surface area contributed by atoms with E-state index in [1.54, 1.807) is 23.5 Å². The second kappa shape index (κ2) is 6.30. The van der Waals surface area contributed by atoms with Crippen LogP contribution in [0.5, 0.6) is 0 Å². The predicted octanol–water partition coefficient (Wildman–Crippen LogP) is 2.12. The highest BCUT2D eigenvalue weighted by molar-refractivity contribution is 7.09. The number of piperazine rings is 1. The summed E-state index contributed by atoms with van der Waals surface area (Å²) in [6, 6.07) is 6.54. The molecular weight excluding hydrogens is 288 g/mol. The number of nitrogens with one attached hydrogen (secondary N) is 1. The molecule has 2 heterocycles. The summed E-state index contributed by atoms with van der Waals surface area (Å²) in [7, 11) is 0. The normalized spacial score (nSPS) is 16.0. The van der Waals surface area contributed by atoms with Gasteiger partial charge in [0.2, 0.25) is 0 Å². The van der Waals surface area contributed by atoms with E-state index in [2.05, 4.69) is 15.2 Å². The van der Waals surface area contributed by atoms with Gasteiger partial charge < -0.3 is 5.32 Å². The number of benzene rings is 1. The lowest BCUT2D eigenvalue weighted by Crippen LogP contribution is -2.42. The van der Waals surface area contributed by atoms with Gasteiger partial charge in [-0.2, -0.15) is 0 Å². The quantitative estimate of drug-likeness (QED) is 0.692. The Morgan fingerprint density at radius 2 is 2.00 bits per heavy atom. The Kier molecular flexibility index (Phi) is 4.23. The predicted molar refractivity (Wildman–Crippen MR) is 82.4 cm³/mol. The molecule has 0 amide bonds. The zero-order valence-corrected chi connectivity index (χ0v) is 12.3. The lowest BCUT2D eigenvalue weighted by Gasteiger charge is -2.26. The van der Waals surface area contributed by atoms with Crippen molar-refractivity contribution in [3.8, 4) is 11.3 Å². The first kappa shape index (κ1) is 14.1. The third-order valence-corrected chi connectivity index (χ3v) is 4.33. The van der Waals surface area contributed by atoms with E-state index in [0.29, 0.717) is 0 Å². The van der Waals surface area contributed by atoms with Crippen LogP contribution in [0.1, 0.15) is 5.01 Å². The number of rotatable bonds is 4. The first-order valence-corrected chi connectivity index (χ1v) is 7.72. The van der Waals surface area contributed by atoms with Crippen molar-refractivity contribution in [3.05, 3.63) is 44.8 Å². The van der Waals surface area contributed by atoms with Crippen molar-refractivity contribution in [2.24, 2.45) is 0 Å². The molecule has 2 aromatic rings. The average Bonchev–Trinajstić information content (AvgIpc) is 2.97. The van der Waals surface area contributed by atoms with Crippen LogP contribution >= 0.6 is 11.3 Å². The third kappa shape index (κ3) is 3.44. The van der Waals surface area contributed by atoms with Crippen molar-refractivity contribution in [3.63, 3.8) is 0 Å². The van der Waals surface area contributed by atoms with Crippen molar-refractivity contribution < 1.29 is 4.92 Å². The van der Waals surface area contributed by atoms with Crippen LogP contribution in [-0.2, 0) is 6.54 Å². The molecule has 1 aliphatic rings. The van der Waals surface area contributed by atoms with Crippen molar-refractivity contribution in [2.45, 2.75) is 6.54 Å². The maximum atomic E-state index is 10.7. The fourth-order valence-corrected chi connectivity index (χ4v) is 3.18. The van der Waals surface area contributed by atoms with E-state index < -0.39 is 0 Å². The van der Waals surface area contributed by atoms with Crippen molar-refractivity contribution in [2.75, 3.05) is 26.2 Å². The van der Waals surface area contributed by atoms with Gasteiger partial charge in [0.25, 0.3) is 5.69 Å². The summed E-state index contributed by atoms with van der Waals surface area (Å²) in [5.74, 6) is 0. The first-order valence-electron chi connectivity index (χ1n) is 6.85. The zero-order valence-electron chi connectivity index (χ0n) is 11.5. The SMILES string of the molecule is O=[N+]([O-])c1ccc(-c2csc(CN3CCNCC3)n2)cc1. The minimum atomic E-state index is -0.388. The first-order chi connectivity index (χ1) is 10.2. The van der Waals surface area contributed by atoms with Gasteiger partial charge in [0, 0.05) is 49.3 Å².